The predicted molar refractivity (Wildman–Crippen MR) is 124 cm³/mol. The van der Waals surface area contributed by atoms with Crippen LogP contribution < -0.4 is 15.4 Å². The largest absolute Gasteiger partial charge is 0.491 e. The number of benzene rings is 1. The number of rotatable bonds is 9. The van der Waals surface area contributed by atoms with Crippen molar-refractivity contribution in [3.8, 4) is 17.0 Å². The third-order valence-electron chi connectivity index (χ3n) is 5.57. The lowest BCUT2D eigenvalue weighted by atomic mass is 9.91. The molecule has 2 heterocycles. The highest BCUT2D eigenvalue weighted by Crippen LogP contribution is 2.39. The third-order valence-corrected chi connectivity index (χ3v) is 5.57. The average molecular weight is 497 g/mol. The molecule has 3 N–H and O–H groups in total. The molecule has 0 saturated carbocycles. The molecule has 2 aromatic rings. The van der Waals surface area contributed by atoms with Crippen molar-refractivity contribution < 1.29 is 32.5 Å². The monoisotopic (exact) mass is 496 g/mol. The number of hydrogen-bond acceptors (Lipinski definition) is 6. The third kappa shape index (κ3) is 7.71. The van der Waals surface area contributed by atoms with Gasteiger partial charge in [-0.15, -0.1) is 0 Å². The maximum absolute atomic E-state index is 13.9. The first-order valence-corrected chi connectivity index (χ1v) is 11.5. The van der Waals surface area contributed by atoms with E-state index in [1.165, 1.54) is 18.5 Å². The lowest BCUT2D eigenvalue weighted by molar-refractivity contribution is -0.139. The molecule has 11 heteroatoms. The second kappa shape index (κ2) is 11.1. The Hall–Kier alpha value is -3.08. The van der Waals surface area contributed by atoms with Gasteiger partial charge in [0.05, 0.1) is 29.4 Å². The Morgan fingerprint density at radius 1 is 1.29 bits per heavy atom. The molecule has 0 aliphatic carbocycles. The summed E-state index contributed by atoms with van der Waals surface area (Å²) in [5.41, 5.74) is -1.44. The molecule has 2 atom stereocenters. The van der Waals surface area contributed by atoms with Gasteiger partial charge < -0.3 is 25.2 Å². The van der Waals surface area contributed by atoms with Crippen LogP contribution in [-0.4, -0.2) is 52.6 Å². The van der Waals surface area contributed by atoms with Gasteiger partial charge >= 0.3 is 12.3 Å². The van der Waals surface area contributed by atoms with Gasteiger partial charge in [0.1, 0.15) is 24.5 Å². The van der Waals surface area contributed by atoms with Crippen LogP contribution in [0.4, 0.5) is 23.8 Å². The molecule has 1 aromatic carbocycles. The van der Waals surface area contributed by atoms with Crippen LogP contribution in [0.15, 0.2) is 30.6 Å². The van der Waals surface area contributed by atoms with Gasteiger partial charge in [-0.3, -0.25) is 0 Å². The van der Waals surface area contributed by atoms with Crippen LogP contribution in [0.5, 0.6) is 5.75 Å². The molecule has 1 fully saturated rings. The highest BCUT2D eigenvalue weighted by Gasteiger charge is 2.36. The number of carbonyl (C=O) groups is 1. The molecule has 1 unspecified atom stereocenters. The molecule has 1 aliphatic rings. The summed E-state index contributed by atoms with van der Waals surface area (Å²) < 4.78 is 52.8. The summed E-state index contributed by atoms with van der Waals surface area (Å²) in [5.74, 6) is 0.222. The Kier molecular flexibility index (Phi) is 8.42. The molecule has 0 spiro atoms. The van der Waals surface area contributed by atoms with Crippen LogP contribution in [0.25, 0.3) is 11.3 Å². The number of ether oxygens (including phenoxy) is 2. The Labute approximate surface area is 202 Å². The molecule has 1 aliphatic heterocycles. The molecule has 35 heavy (non-hydrogen) atoms. The first-order chi connectivity index (χ1) is 16.4. The summed E-state index contributed by atoms with van der Waals surface area (Å²) in [4.78, 5) is 19.5. The van der Waals surface area contributed by atoms with Crippen LogP contribution in [0.2, 0.25) is 0 Å². The highest BCUT2D eigenvalue weighted by atomic mass is 19.4. The minimum atomic E-state index is -4.69. The summed E-state index contributed by atoms with van der Waals surface area (Å²) in [6.45, 7) is 6.38. The Morgan fingerprint density at radius 3 is 2.69 bits per heavy atom. The fourth-order valence-corrected chi connectivity index (χ4v) is 4.24. The zero-order valence-electron chi connectivity index (χ0n) is 20.0. The summed E-state index contributed by atoms with van der Waals surface area (Å²) in [7, 11) is 0. The molecule has 3 rings (SSSR count). The van der Waals surface area contributed by atoms with E-state index in [4.69, 9.17) is 14.6 Å². The van der Waals surface area contributed by atoms with Gasteiger partial charge in [-0.05, 0) is 50.3 Å². The number of halogens is 3. The van der Waals surface area contributed by atoms with Crippen molar-refractivity contribution in [2.45, 2.75) is 57.8 Å². The zero-order valence-corrected chi connectivity index (χ0v) is 20.0. The van der Waals surface area contributed by atoms with E-state index in [1.807, 2.05) is 13.8 Å². The Bertz CT molecular complexity index is 1010. The van der Waals surface area contributed by atoms with E-state index in [9.17, 15) is 18.0 Å². The van der Waals surface area contributed by atoms with Crippen molar-refractivity contribution in [1.29, 1.82) is 0 Å². The number of hydrogen-bond donors (Lipinski definition) is 3. The van der Waals surface area contributed by atoms with E-state index >= 15 is 0 Å². The number of alkyl halides is 3. The zero-order chi connectivity index (χ0) is 25.6. The quantitative estimate of drug-likeness (QED) is 0.438. The average Bonchev–Trinajstić information content (AvgIpc) is 2.77. The molecule has 1 aromatic heterocycles. The van der Waals surface area contributed by atoms with Gasteiger partial charge in [0.15, 0.2) is 0 Å². The van der Waals surface area contributed by atoms with Crippen molar-refractivity contribution >= 4 is 11.9 Å². The summed E-state index contributed by atoms with van der Waals surface area (Å²) in [5, 5.41) is 14.8. The molecular formula is C24H31F3N4O4. The van der Waals surface area contributed by atoms with Crippen molar-refractivity contribution in [3.05, 3.63) is 36.2 Å². The lowest BCUT2D eigenvalue weighted by Crippen LogP contribution is -2.50. The van der Waals surface area contributed by atoms with Crippen molar-refractivity contribution in [2.75, 3.05) is 25.1 Å². The predicted octanol–water partition coefficient (Wildman–Crippen LogP) is 5.20. The first kappa shape index (κ1) is 26.5. The number of nitrogens with zero attached hydrogens (tertiary/aromatic N) is 2. The highest BCUT2D eigenvalue weighted by molar-refractivity contribution is 5.66. The van der Waals surface area contributed by atoms with E-state index in [0.29, 0.717) is 31.1 Å². The van der Waals surface area contributed by atoms with Gasteiger partial charge in [-0.1, -0.05) is 13.8 Å². The number of nitrogens with one attached hydrogen (secondary N) is 2. The number of carboxylic acid groups (broad SMARTS) is 1. The molecule has 0 bridgehead atoms. The fourth-order valence-electron chi connectivity index (χ4n) is 4.24. The molecule has 1 saturated heterocycles. The van der Waals surface area contributed by atoms with Crippen LogP contribution in [0, 0.1) is 5.92 Å². The smallest absolute Gasteiger partial charge is 0.419 e. The Balaban J connectivity index is 1.84. The minimum absolute atomic E-state index is 0.0765. The molecule has 192 valence electrons. The van der Waals surface area contributed by atoms with E-state index in [1.54, 1.807) is 13.0 Å². The normalized spacial score (nSPS) is 18.1. The second-order valence-corrected chi connectivity index (χ2v) is 9.43. The van der Waals surface area contributed by atoms with Crippen LogP contribution in [0.3, 0.4) is 0 Å². The van der Waals surface area contributed by atoms with Crippen LogP contribution in [-0.2, 0) is 10.9 Å². The molecular weight excluding hydrogens is 465 g/mol. The number of aromatic nitrogens is 2. The topological polar surface area (TPSA) is 106 Å². The number of amides is 1. The van der Waals surface area contributed by atoms with Crippen molar-refractivity contribution in [2.24, 2.45) is 5.92 Å². The summed E-state index contributed by atoms with van der Waals surface area (Å²) in [6.07, 6.45) is -2.43. The number of anilines is 1. The van der Waals surface area contributed by atoms with Gasteiger partial charge in [0.2, 0.25) is 0 Å². The maximum atomic E-state index is 13.9. The standard InChI is InChI=1S/C24H31F3N4O4/c1-15(2)11-23(3,31-22(32)33)13-35-20-7-6-16(9-18(20)24(25,26)27)19-10-21(29-14-28-19)30-17-5-4-8-34-12-17/h6-7,9-10,14-15,17,31H,4-5,8,11-13H2,1-3H3,(H,32,33)(H,28,29,30)/t17?,23-/m0/s1. The summed E-state index contributed by atoms with van der Waals surface area (Å²) >= 11 is 0. The molecule has 1 amide bonds. The summed E-state index contributed by atoms with van der Waals surface area (Å²) in [6, 6.07) is 5.38. The van der Waals surface area contributed by atoms with E-state index in [0.717, 1.165) is 18.9 Å². The van der Waals surface area contributed by atoms with Crippen molar-refractivity contribution in [1.82, 2.24) is 15.3 Å². The van der Waals surface area contributed by atoms with Crippen molar-refractivity contribution in [3.63, 3.8) is 0 Å². The molecule has 0 radical (unpaired) electrons. The molecule has 8 nitrogen and oxygen atoms in total. The van der Waals surface area contributed by atoms with E-state index < -0.39 is 23.4 Å². The van der Waals surface area contributed by atoms with Crippen LogP contribution in [0.1, 0.15) is 45.6 Å². The second-order valence-electron chi connectivity index (χ2n) is 9.43. The van der Waals surface area contributed by atoms with Gasteiger partial charge in [-0.2, -0.15) is 13.2 Å². The Morgan fingerprint density at radius 2 is 2.06 bits per heavy atom. The maximum Gasteiger partial charge on any atom is 0.419 e. The van der Waals surface area contributed by atoms with Gasteiger partial charge in [-0.25, -0.2) is 14.8 Å². The van der Waals surface area contributed by atoms with E-state index in [2.05, 4.69) is 20.6 Å². The van der Waals surface area contributed by atoms with Crippen LogP contribution >= 0.6 is 0 Å². The minimum Gasteiger partial charge on any atom is -0.491 e. The fraction of sp³-hybridized carbons (Fsp3) is 0.542. The van der Waals surface area contributed by atoms with Gasteiger partial charge in [0, 0.05) is 18.2 Å². The lowest BCUT2D eigenvalue weighted by Gasteiger charge is -2.31. The first-order valence-electron chi connectivity index (χ1n) is 11.5. The van der Waals surface area contributed by atoms with Gasteiger partial charge in [0.25, 0.3) is 0 Å². The van der Waals surface area contributed by atoms with E-state index in [-0.39, 0.29) is 29.9 Å². The SMILES string of the molecule is CC(C)C[C@@](C)(COc1ccc(-c2cc(NC3CCCOC3)ncn2)cc1C(F)(F)F)NC(=O)O.